The fourth-order valence-corrected chi connectivity index (χ4v) is 3.91. The minimum absolute atomic E-state index is 0.0372. The summed E-state index contributed by atoms with van der Waals surface area (Å²) in [5, 5.41) is 18.2. The number of carbonyl (C=O) groups is 3. The van der Waals surface area contributed by atoms with Gasteiger partial charge in [-0.05, 0) is 22.3 Å². The Kier molecular flexibility index (Phi) is 6.12. The van der Waals surface area contributed by atoms with Crippen LogP contribution in [0.4, 0.5) is 10.6 Å². The summed E-state index contributed by atoms with van der Waals surface area (Å²) < 4.78 is 6.89. The number of anilines is 1. The lowest BCUT2D eigenvalue weighted by Crippen LogP contribution is -2.32. The van der Waals surface area contributed by atoms with Crippen molar-refractivity contribution in [2.75, 3.05) is 18.5 Å². The van der Waals surface area contributed by atoms with Crippen LogP contribution in [0.1, 0.15) is 34.3 Å². The molecule has 3 aromatic rings. The van der Waals surface area contributed by atoms with Crippen molar-refractivity contribution < 1.29 is 24.2 Å². The molecule has 4 rings (SSSR count). The van der Waals surface area contributed by atoms with Gasteiger partial charge in [-0.1, -0.05) is 55.5 Å². The molecule has 1 aromatic heterocycles. The highest BCUT2D eigenvalue weighted by Gasteiger charge is 2.29. The maximum Gasteiger partial charge on any atom is 0.412 e. The van der Waals surface area contributed by atoms with Gasteiger partial charge in [0.1, 0.15) is 12.2 Å². The first-order valence-corrected chi connectivity index (χ1v) is 10.5. The number of amides is 2. The van der Waals surface area contributed by atoms with Crippen molar-refractivity contribution in [3.8, 4) is 11.1 Å². The van der Waals surface area contributed by atoms with Crippen LogP contribution in [0.3, 0.4) is 0 Å². The van der Waals surface area contributed by atoms with Gasteiger partial charge in [-0.15, -0.1) is 0 Å². The zero-order valence-corrected chi connectivity index (χ0v) is 18.2. The highest BCUT2D eigenvalue weighted by atomic mass is 16.5. The van der Waals surface area contributed by atoms with Crippen LogP contribution in [0.5, 0.6) is 0 Å². The standard InChI is InChI=1S/C24H24N4O5/c1-14(23(30)31)11-25-22(29)19-12-28(2)27-21(19)26-24(32)33-13-20-17-9-5-3-7-15(17)16-8-4-6-10-18(16)20/h3-10,12,14,20H,11,13H2,1-2H3,(H,25,29)(H,30,31)(H,26,27,32). The third-order valence-corrected chi connectivity index (χ3v) is 5.63. The fourth-order valence-electron chi connectivity index (χ4n) is 3.91. The van der Waals surface area contributed by atoms with Crippen molar-refractivity contribution in [1.29, 1.82) is 0 Å². The van der Waals surface area contributed by atoms with E-state index in [2.05, 4.69) is 27.9 Å². The van der Waals surface area contributed by atoms with E-state index in [1.54, 1.807) is 7.05 Å². The van der Waals surface area contributed by atoms with Crippen LogP contribution >= 0.6 is 0 Å². The Bertz CT molecular complexity index is 1170. The molecule has 0 radical (unpaired) electrons. The van der Waals surface area contributed by atoms with Gasteiger partial charge < -0.3 is 15.2 Å². The molecule has 0 saturated carbocycles. The molecule has 0 spiro atoms. The van der Waals surface area contributed by atoms with E-state index >= 15 is 0 Å². The third-order valence-electron chi connectivity index (χ3n) is 5.63. The quantitative estimate of drug-likeness (QED) is 0.510. The topological polar surface area (TPSA) is 123 Å². The van der Waals surface area contributed by atoms with Crippen LogP contribution in [0, 0.1) is 5.92 Å². The summed E-state index contributed by atoms with van der Waals surface area (Å²) >= 11 is 0. The van der Waals surface area contributed by atoms with Crippen LogP contribution in [-0.4, -0.2) is 46.0 Å². The second kappa shape index (κ2) is 9.15. The molecule has 3 N–H and O–H groups in total. The summed E-state index contributed by atoms with van der Waals surface area (Å²) in [6, 6.07) is 16.0. The Balaban J connectivity index is 1.42. The molecule has 1 heterocycles. The van der Waals surface area contributed by atoms with Crippen molar-refractivity contribution in [1.82, 2.24) is 15.1 Å². The predicted molar refractivity (Wildman–Crippen MR) is 121 cm³/mol. The molecule has 1 unspecified atom stereocenters. The number of benzene rings is 2. The Hall–Kier alpha value is -4.14. The lowest BCUT2D eigenvalue weighted by Gasteiger charge is -2.14. The summed E-state index contributed by atoms with van der Waals surface area (Å²) in [5.41, 5.74) is 4.56. The number of fused-ring (bicyclic) bond motifs is 3. The second-order valence-corrected chi connectivity index (χ2v) is 7.96. The molecule has 1 atom stereocenters. The van der Waals surface area contributed by atoms with E-state index < -0.39 is 23.9 Å². The summed E-state index contributed by atoms with van der Waals surface area (Å²) in [6.45, 7) is 1.57. The van der Waals surface area contributed by atoms with E-state index in [0.717, 1.165) is 22.3 Å². The average molecular weight is 448 g/mol. The molecule has 1 aliphatic rings. The highest BCUT2D eigenvalue weighted by molar-refractivity contribution is 6.01. The molecule has 1 aliphatic carbocycles. The van der Waals surface area contributed by atoms with E-state index in [4.69, 9.17) is 9.84 Å². The molecule has 9 heteroatoms. The lowest BCUT2D eigenvalue weighted by atomic mass is 9.98. The molecule has 9 nitrogen and oxygen atoms in total. The first-order chi connectivity index (χ1) is 15.8. The number of aromatic nitrogens is 2. The van der Waals surface area contributed by atoms with Gasteiger partial charge >= 0.3 is 12.1 Å². The number of ether oxygens (including phenoxy) is 1. The maximum atomic E-state index is 12.5. The number of nitrogens with one attached hydrogen (secondary N) is 2. The SMILES string of the molecule is CC(CNC(=O)c1cn(C)nc1NC(=O)OCC1c2ccccc2-c2ccccc21)C(=O)O. The van der Waals surface area contributed by atoms with Gasteiger partial charge in [0.15, 0.2) is 5.82 Å². The first kappa shape index (κ1) is 22.1. The molecule has 0 bridgehead atoms. The smallest absolute Gasteiger partial charge is 0.412 e. The number of carboxylic acids is 1. The summed E-state index contributed by atoms with van der Waals surface area (Å²) in [7, 11) is 1.61. The number of hydrogen-bond acceptors (Lipinski definition) is 5. The molecular weight excluding hydrogens is 424 g/mol. The van der Waals surface area contributed by atoms with Gasteiger partial charge in [-0.25, -0.2) is 4.79 Å². The normalized spacial score (nSPS) is 13.0. The molecule has 2 aromatic carbocycles. The number of rotatable bonds is 7. The van der Waals surface area contributed by atoms with Gasteiger partial charge in [-0.2, -0.15) is 5.10 Å². The van der Waals surface area contributed by atoms with E-state index in [9.17, 15) is 14.4 Å². The Morgan fingerprint density at radius 2 is 1.70 bits per heavy atom. The van der Waals surface area contributed by atoms with Crippen LogP contribution < -0.4 is 10.6 Å². The summed E-state index contributed by atoms with van der Waals surface area (Å²) in [5.74, 6) is -2.35. The number of nitrogens with zero attached hydrogens (tertiary/aromatic N) is 2. The van der Waals surface area contributed by atoms with Crippen LogP contribution in [-0.2, 0) is 16.6 Å². The minimum atomic E-state index is -1.02. The first-order valence-electron chi connectivity index (χ1n) is 10.5. The van der Waals surface area contributed by atoms with Gasteiger partial charge in [-0.3, -0.25) is 19.6 Å². The molecular formula is C24H24N4O5. The zero-order valence-electron chi connectivity index (χ0n) is 18.2. The monoisotopic (exact) mass is 448 g/mol. The Morgan fingerprint density at radius 1 is 1.09 bits per heavy atom. The number of carboxylic acid groups (broad SMARTS) is 1. The summed E-state index contributed by atoms with van der Waals surface area (Å²) in [4.78, 5) is 36.0. The number of carbonyl (C=O) groups excluding carboxylic acids is 2. The molecule has 0 saturated heterocycles. The molecule has 170 valence electrons. The van der Waals surface area contributed by atoms with Gasteiger partial charge in [0.25, 0.3) is 5.91 Å². The Morgan fingerprint density at radius 3 is 2.30 bits per heavy atom. The minimum Gasteiger partial charge on any atom is -0.481 e. The molecule has 0 fully saturated rings. The van der Waals surface area contributed by atoms with E-state index in [1.165, 1.54) is 17.8 Å². The molecule has 0 aliphatic heterocycles. The van der Waals surface area contributed by atoms with Gasteiger partial charge in [0.05, 0.1) is 5.92 Å². The number of hydrogen-bond donors (Lipinski definition) is 3. The van der Waals surface area contributed by atoms with E-state index in [0.29, 0.717) is 0 Å². The van der Waals surface area contributed by atoms with Crippen LogP contribution in [0.2, 0.25) is 0 Å². The van der Waals surface area contributed by atoms with Gasteiger partial charge in [0.2, 0.25) is 0 Å². The van der Waals surface area contributed by atoms with Gasteiger partial charge in [0, 0.05) is 25.7 Å². The van der Waals surface area contributed by atoms with Crippen molar-refractivity contribution in [3.63, 3.8) is 0 Å². The predicted octanol–water partition coefficient (Wildman–Crippen LogP) is 3.23. The maximum absolute atomic E-state index is 12.5. The fraction of sp³-hybridized carbons (Fsp3) is 0.250. The van der Waals surface area contributed by atoms with Crippen molar-refractivity contribution >= 4 is 23.8 Å². The number of aliphatic carboxylic acids is 1. The van der Waals surface area contributed by atoms with Crippen molar-refractivity contribution in [2.24, 2.45) is 13.0 Å². The Labute approximate surface area is 190 Å². The summed E-state index contributed by atoms with van der Waals surface area (Å²) in [6.07, 6.45) is 0.711. The van der Waals surface area contributed by atoms with Crippen molar-refractivity contribution in [2.45, 2.75) is 12.8 Å². The molecule has 33 heavy (non-hydrogen) atoms. The molecule has 2 amide bonds. The van der Waals surface area contributed by atoms with Crippen LogP contribution in [0.25, 0.3) is 11.1 Å². The second-order valence-electron chi connectivity index (χ2n) is 7.96. The average Bonchev–Trinajstić information content (AvgIpc) is 3.33. The van der Waals surface area contributed by atoms with Crippen molar-refractivity contribution in [3.05, 3.63) is 71.4 Å². The van der Waals surface area contributed by atoms with E-state index in [1.807, 2.05) is 36.4 Å². The largest absolute Gasteiger partial charge is 0.481 e. The zero-order chi connectivity index (χ0) is 23.5. The van der Waals surface area contributed by atoms with E-state index in [-0.39, 0.29) is 30.5 Å². The lowest BCUT2D eigenvalue weighted by molar-refractivity contribution is -0.140. The third kappa shape index (κ3) is 4.57. The highest BCUT2D eigenvalue weighted by Crippen LogP contribution is 2.44. The van der Waals surface area contributed by atoms with Crippen LogP contribution in [0.15, 0.2) is 54.7 Å². The number of aryl methyl sites for hydroxylation is 1.